The number of hydrogen-bond acceptors (Lipinski definition) is 3. The van der Waals surface area contributed by atoms with Crippen LogP contribution in [-0.2, 0) is 5.11 Å². The number of aliphatic hydroxyl groups is 3. The molecular weight excluding hydrogens is 124 g/mol. The van der Waals surface area contributed by atoms with Crippen LogP contribution in [0.1, 0.15) is 6.92 Å². The highest BCUT2D eigenvalue weighted by Crippen LogP contribution is 1.97. The van der Waals surface area contributed by atoms with Crippen LogP contribution in [0.2, 0.25) is 0 Å². The lowest BCUT2D eigenvalue weighted by molar-refractivity contribution is -0.0803. The molecule has 0 bridgehead atoms. The molecule has 0 aromatic heterocycles. The lowest BCUT2D eigenvalue weighted by Gasteiger charge is -2.16. The van der Waals surface area contributed by atoms with Crippen molar-refractivity contribution in [1.29, 1.82) is 0 Å². The minimum atomic E-state index is -1.36. The van der Waals surface area contributed by atoms with E-state index in [-0.39, 0.29) is 0 Å². The molecule has 0 saturated heterocycles. The highest BCUT2D eigenvalue weighted by atomic mass is 16.4. The van der Waals surface area contributed by atoms with E-state index in [9.17, 15) is 5.11 Å². The van der Waals surface area contributed by atoms with Crippen LogP contribution in [0.25, 0.3) is 0 Å². The second-order valence-electron chi connectivity index (χ2n) is 1.97. The van der Waals surface area contributed by atoms with Crippen molar-refractivity contribution in [1.82, 2.24) is 0 Å². The Morgan fingerprint density at radius 1 is 1.33 bits per heavy atom. The maximum absolute atomic E-state index is 9.85. The standard InChI is InChI=1S/C5H11O4/c1-3(7)5(9)4(8)2-6/h3-5,7-9H,2H2,1H3. The molecule has 3 N–H and O–H groups in total. The third-order valence-electron chi connectivity index (χ3n) is 1.06. The van der Waals surface area contributed by atoms with E-state index in [1.807, 2.05) is 0 Å². The van der Waals surface area contributed by atoms with Crippen molar-refractivity contribution >= 4 is 0 Å². The van der Waals surface area contributed by atoms with Crippen molar-refractivity contribution in [2.75, 3.05) is 6.61 Å². The van der Waals surface area contributed by atoms with Gasteiger partial charge in [-0.15, -0.1) is 0 Å². The van der Waals surface area contributed by atoms with Gasteiger partial charge in [-0.25, -0.2) is 5.11 Å². The molecule has 0 aliphatic carbocycles. The summed E-state index contributed by atoms with van der Waals surface area (Å²) in [5.74, 6) is 0. The molecule has 4 nitrogen and oxygen atoms in total. The fourth-order valence-electron chi connectivity index (χ4n) is 0.420. The summed E-state index contributed by atoms with van der Waals surface area (Å²) in [6.07, 6.45) is -3.72. The molecule has 3 unspecified atom stereocenters. The average Bonchev–Trinajstić information content (AvgIpc) is 1.84. The molecule has 0 fully saturated rings. The van der Waals surface area contributed by atoms with E-state index < -0.39 is 24.9 Å². The van der Waals surface area contributed by atoms with Crippen molar-refractivity contribution < 1.29 is 20.4 Å². The van der Waals surface area contributed by atoms with Gasteiger partial charge in [-0.05, 0) is 6.92 Å². The second kappa shape index (κ2) is 3.79. The van der Waals surface area contributed by atoms with Gasteiger partial charge in [0, 0.05) is 0 Å². The summed E-state index contributed by atoms with van der Waals surface area (Å²) in [4.78, 5) is 0. The van der Waals surface area contributed by atoms with Crippen LogP contribution in [0.15, 0.2) is 0 Å². The predicted molar refractivity (Wildman–Crippen MR) is 29.2 cm³/mol. The first-order valence-corrected chi connectivity index (χ1v) is 2.72. The van der Waals surface area contributed by atoms with Crippen LogP contribution >= 0.6 is 0 Å². The van der Waals surface area contributed by atoms with Gasteiger partial charge < -0.3 is 15.3 Å². The monoisotopic (exact) mass is 135 g/mol. The largest absolute Gasteiger partial charge is 0.391 e. The topological polar surface area (TPSA) is 80.6 Å². The highest BCUT2D eigenvalue weighted by Gasteiger charge is 2.20. The van der Waals surface area contributed by atoms with E-state index in [1.54, 1.807) is 0 Å². The first kappa shape index (κ1) is 8.84. The Balaban J connectivity index is 3.58. The normalized spacial score (nSPS) is 21.0. The summed E-state index contributed by atoms with van der Waals surface area (Å²) in [5.41, 5.74) is 0. The molecule has 9 heavy (non-hydrogen) atoms. The molecule has 0 rings (SSSR count). The number of aliphatic hydroxyl groups excluding tert-OH is 3. The lowest BCUT2D eigenvalue weighted by atomic mass is 10.1. The molecule has 4 heteroatoms. The summed E-state index contributed by atoms with van der Waals surface area (Å²) in [7, 11) is 0. The Bertz CT molecular complexity index is 73.4. The van der Waals surface area contributed by atoms with E-state index in [1.165, 1.54) is 6.92 Å². The summed E-state index contributed by atoms with van der Waals surface area (Å²) >= 11 is 0. The molecule has 0 saturated carbocycles. The number of rotatable bonds is 3. The van der Waals surface area contributed by atoms with Crippen LogP contribution < -0.4 is 0 Å². The molecule has 55 valence electrons. The van der Waals surface area contributed by atoms with Gasteiger partial charge in [0.1, 0.15) is 18.8 Å². The van der Waals surface area contributed by atoms with Gasteiger partial charge in [0.2, 0.25) is 0 Å². The van der Waals surface area contributed by atoms with E-state index in [0.29, 0.717) is 0 Å². The van der Waals surface area contributed by atoms with Crippen molar-refractivity contribution in [3.63, 3.8) is 0 Å². The molecule has 3 atom stereocenters. The Morgan fingerprint density at radius 3 is 1.89 bits per heavy atom. The van der Waals surface area contributed by atoms with Crippen molar-refractivity contribution in [2.45, 2.75) is 25.2 Å². The SMILES string of the molecule is CC(O)C(O)C(O)C[O]. The van der Waals surface area contributed by atoms with Gasteiger partial charge in [-0.3, -0.25) is 0 Å². The van der Waals surface area contributed by atoms with Crippen LogP contribution in [0.3, 0.4) is 0 Å². The van der Waals surface area contributed by atoms with Crippen LogP contribution in [0.4, 0.5) is 0 Å². The first-order valence-electron chi connectivity index (χ1n) is 2.72. The van der Waals surface area contributed by atoms with Crippen LogP contribution in [-0.4, -0.2) is 40.2 Å². The van der Waals surface area contributed by atoms with Gasteiger partial charge in [0.05, 0.1) is 6.10 Å². The summed E-state index contributed by atoms with van der Waals surface area (Å²) < 4.78 is 0. The molecule has 1 radical (unpaired) electrons. The molecule has 0 spiro atoms. The third-order valence-corrected chi connectivity index (χ3v) is 1.06. The average molecular weight is 135 g/mol. The summed E-state index contributed by atoms with van der Waals surface area (Å²) in [6.45, 7) is 0.523. The Hall–Kier alpha value is -0.160. The van der Waals surface area contributed by atoms with Gasteiger partial charge in [-0.2, -0.15) is 0 Å². The summed E-state index contributed by atoms with van der Waals surface area (Å²) in [5, 5.41) is 35.7. The molecule has 0 aromatic rings. The van der Waals surface area contributed by atoms with Crippen molar-refractivity contribution in [3.8, 4) is 0 Å². The highest BCUT2D eigenvalue weighted by molar-refractivity contribution is 4.70. The predicted octanol–water partition coefficient (Wildman–Crippen LogP) is -1.48. The third kappa shape index (κ3) is 2.76. The molecule has 0 aromatic carbocycles. The maximum Gasteiger partial charge on any atom is 0.111 e. The zero-order valence-corrected chi connectivity index (χ0v) is 5.19. The van der Waals surface area contributed by atoms with E-state index in [4.69, 9.17) is 15.3 Å². The van der Waals surface area contributed by atoms with Crippen molar-refractivity contribution in [3.05, 3.63) is 0 Å². The minimum Gasteiger partial charge on any atom is -0.391 e. The smallest absolute Gasteiger partial charge is 0.111 e. The van der Waals surface area contributed by atoms with Gasteiger partial charge in [-0.1, -0.05) is 0 Å². The zero-order chi connectivity index (χ0) is 7.44. The van der Waals surface area contributed by atoms with Gasteiger partial charge in [0.25, 0.3) is 0 Å². The first-order chi connectivity index (χ1) is 4.09. The van der Waals surface area contributed by atoms with Crippen molar-refractivity contribution in [2.24, 2.45) is 0 Å². The van der Waals surface area contributed by atoms with E-state index in [0.717, 1.165) is 0 Å². The van der Waals surface area contributed by atoms with E-state index >= 15 is 0 Å². The van der Waals surface area contributed by atoms with Crippen LogP contribution in [0.5, 0.6) is 0 Å². The fraction of sp³-hybridized carbons (Fsp3) is 1.00. The summed E-state index contributed by atoms with van der Waals surface area (Å²) in [6, 6.07) is 0. The fourth-order valence-corrected chi connectivity index (χ4v) is 0.420. The Labute approximate surface area is 53.4 Å². The van der Waals surface area contributed by atoms with Gasteiger partial charge >= 0.3 is 0 Å². The Kier molecular flexibility index (Phi) is 3.72. The zero-order valence-electron chi connectivity index (χ0n) is 5.19. The Morgan fingerprint density at radius 2 is 1.78 bits per heavy atom. The lowest BCUT2D eigenvalue weighted by Crippen LogP contribution is -2.37. The molecule has 0 amide bonds. The quantitative estimate of drug-likeness (QED) is 0.441. The van der Waals surface area contributed by atoms with Gasteiger partial charge in [0.15, 0.2) is 0 Å². The molecular formula is C5H11O4. The second-order valence-corrected chi connectivity index (χ2v) is 1.97. The number of hydrogen-bond donors (Lipinski definition) is 3. The van der Waals surface area contributed by atoms with E-state index in [2.05, 4.69) is 0 Å². The maximum atomic E-state index is 9.85. The molecule has 0 aliphatic rings. The molecule has 0 heterocycles. The molecule has 0 aliphatic heterocycles. The minimum absolute atomic E-state index is 0.786. The van der Waals surface area contributed by atoms with Crippen LogP contribution in [0, 0.1) is 0 Å².